The van der Waals surface area contributed by atoms with E-state index in [4.69, 9.17) is 16.1 Å². The number of hydrogen-bond donors (Lipinski definition) is 2. The Morgan fingerprint density at radius 2 is 2.08 bits per heavy atom. The van der Waals surface area contributed by atoms with Crippen LogP contribution in [0.25, 0.3) is 0 Å². The zero-order chi connectivity index (χ0) is 17.6. The molecule has 0 atom stereocenters. The van der Waals surface area contributed by atoms with Gasteiger partial charge in [0.25, 0.3) is 5.91 Å². The van der Waals surface area contributed by atoms with Gasteiger partial charge in [-0.2, -0.15) is 0 Å². The van der Waals surface area contributed by atoms with E-state index in [0.29, 0.717) is 29.5 Å². The van der Waals surface area contributed by atoms with Crippen molar-refractivity contribution in [2.24, 2.45) is 0 Å². The van der Waals surface area contributed by atoms with Crippen LogP contribution in [0.15, 0.2) is 53.2 Å². The summed E-state index contributed by atoms with van der Waals surface area (Å²) < 4.78 is 4.93. The summed E-state index contributed by atoms with van der Waals surface area (Å²) in [6.45, 7) is 2.44. The van der Waals surface area contributed by atoms with Gasteiger partial charge in [0.1, 0.15) is 11.6 Å². The van der Waals surface area contributed by atoms with E-state index in [9.17, 15) is 4.79 Å². The van der Waals surface area contributed by atoms with Gasteiger partial charge in [0.05, 0.1) is 0 Å². The molecule has 2 aromatic heterocycles. The molecule has 0 bridgehead atoms. The maximum atomic E-state index is 12.2. The minimum Gasteiger partial charge on any atom is -0.370 e. The van der Waals surface area contributed by atoms with E-state index in [0.717, 1.165) is 17.0 Å². The Kier molecular flexibility index (Phi) is 5.30. The lowest BCUT2D eigenvalue weighted by Crippen LogP contribution is -2.13. The monoisotopic (exact) mass is 356 g/mol. The van der Waals surface area contributed by atoms with Crippen LogP contribution in [-0.4, -0.2) is 22.6 Å². The van der Waals surface area contributed by atoms with Crippen LogP contribution in [0.4, 0.5) is 11.6 Å². The minimum atomic E-state index is -0.270. The lowest BCUT2D eigenvalue weighted by Gasteiger charge is -2.07. The highest BCUT2D eigenvalue weighted by atomic mass is 35.5. The fraction of sp³-hybridized carbons (Fsp3) is 0.167. The van der Waals surface area contributed by atoms with Crippen LogP contribution in [0.3, 0.4) is 0 Å². The molecule has 2 heterocycles. The maximum absolute atomic E-state index is 12.2. The second-order valence-electron chi connectivity index (χ2n) is 5.51. The third kappa shape index (κ3) is 4.81. The van der Waals surface area contributed by atoms with Gasteiger partial charge in [-0.05, 0) is 43.2 Å². The number of pyridine rings is 1. The first-order chi connectivity index (χ1) is 12.1. The van der Waals surface area contributed by atoms with Gasteiger partial charge < -0.3 is 15.2 Å². The fourth-order valence-electron chi connectivity index (χ4n) is 2.31. The smallest absolute Gasteiger partial charge is 0.257 e. The largest absolute Gasteiger partial charge is 0.370 e. The highest BCUT2D eigenvalue weighted by molar-refractivity contribution is 6.30. The molecule has 0 aliphatic carbocycles. The van der Waals surface area contributed by atoms with Gasteiger partial charge in [-0.25, -0.2) is 4.98 Å². The predicted molar refractivity (Wildman–Crippen MR) is 97.1 cm³/mol. The number of aromatic nitrogens is 2. The Balaban J connectivity index is 1.58. The molecule has 0 saturated heterocycles. The predicted octanol–water partition coefficient (Wildman–Crippen LogP) is 3.94. The molecule has 0 aliphatic rings. The Hall–Kier alpha value is -2.86. The standard InChI is InChI=1S/C18H17ClN4O2/c1-12-9-17(23-25-12)22-18(24)14-6-8-21-16(11-14)20-7-5-13-3-2-4-15(19)10-13/h2-4,6,8-11H,5,7H2,1H3,(H,20,21)(H,22,23,24). The summed E-state index contributed by atoms with van der Waals surface area (Å²) in [6.07, 6.45) is 2.39. The molecular formula is C18H17ClN4O2. The summed E-state index contributed by atoms with van der Waals surface area (Å²) in [7, 11) is 0. The maximum Gasteiger partial charge on any atom is 0.257 e. The van der Waals surface area contributed by atoms with Crippen molar-refractivity contribution in [1.82, 2.24) is 10.1 Å². The van der Waals surface area contributed by atoms with E-state index in [-0.39, 0.29) is 5.91 Å². The molecule has 3 rings (SSSR count). The van der Waals surface area contributed by atoms with Crippen molar-refractivity contribution in [3.63, 3.8) is 0 Å². The molecule has 3 aromatic rings. The van der Waals surface area contributed by atoms with Crippen LogP contribution in [-0.2, 0) is 6.42 Å². The van der Waals surface area contributed by atoms with Gasteiger partial charge in [-0.3, -0.25) is 4.79 Å². The molecular weight excluding hydrogens is 340 g/mol. The molecule has 0 fully saturated rings. The topological polar surface area (TPSA) is 80.0 Å². The number of carbonyl (C=O) groups is 1. The van der Waals surface area contributed by atoms with Crippen LogP contribution in [0.2, 0.25) is 5.02 Å². The molecule has 1 aromatic carbocycles. The lowest BCUT2D eigenvalue weighted by molar-refractivity contribution is 0.102. The van der Waals surface area contributed by atoms with E-state index >= 15 is 0 Å². The molecule has 6 nitrogen and oxygen atoms in total. The van der Waals surface area contributed by atoms with Crippen LogP contribution in [0.5, 0.6) is 0 Å². The summed E-state index contributed by atoms with van der Waals surface area (Å²) in [5.41, 5.74) is 1.62. The summed E-state index contributed by atoms with van der Waals surface area (Å²) in [6, 6.07) is 12.7. The number of amides is 1. The highest BCUT2D eigenvalue weighted by Gasteiger charge is 2.10. The van der Waals surface area contributed by atoms with E-state index in [1.54, 1.807) is 31.3 Å². The van der Waals surface area contributed by atoms with Crippen molar-refractivity contribution in [3.05, 3.63) is 70.6 Å². The molecule has 0 radical (unpaired) electrons. The molecule has 0 aliphatic heterocycles. The number of benzene rings is 1. The molecule has 128 valence electrons. The SMILES string of the molecule is Cc1cc(NC(=O)c2ccnc(NCCc3cccc(Cl)c3)c2)no1. The average Bonchev–Trinajstić information content (AvgIpc) is 3.00. The van der Waals surface area contributed by atoms with Crippen molar-refractivity contribution in [3.8, 4) is 0 Å². The van der Waals surface area contributed by atoms with Gasteiger partial charge >= 0.3 is 0 Å². The molecule has 0 saturated carbocycles. The summed E-state index contributed by atoms with van der Waals surface area (Å²) in [4.78, 5) is 16.5. The molecule has 0 spiro atoms. The molecule has 2 N–H and O–H groups in total. The molecule has 0 unspecified atom stereocenters. The third-order valence-corrected chi connectivity index (χ3v) is 3.74. The number of nitrogens with zero attached hydrogens (tertiary/aromatic N) is 2. The first-order valence-corrected chi connectivity index (χ1v) is 8.17. The summed E-state index contributed by atoms with van der Waals surface area (Å²) in [5.74, 6) is 1.38. The van der Waals surface area contributed by atoms with Gasteiger partial charge in [-0.1, -0.05) is 28.9 Å². The number of halogens is 1. The number of aryl methyl sites for hydroxylation is 1. The van der Waals surface area contributed by atoms with Crippen molar-refractivity contribution in [2.45, 2.75) is 13.3 Å². The second kappa shape index (κ2) is 7.81. The number of rotatable bonds is 6. The van der Waals surface area contributed by atoms with E-state index in [1.807, 2.05) is 24.3 Å². The summed E-state index contributed by atoms with van der Waals surface area (Å²) >= 11 is 5.98. The molecule has 1 amide bonds. The van der Waals surface area contributed by atoms with Crippen molar-refractivity contribution in [1.29, 1.82) is 0 Å². The summed E-state index contributed by atoms with van der Waals surface area (Å²) in [5, 5.41) is 10.4. The third-order valence-electron chi connectivity index (χ3n) is 3.50. The van der Waals surface area contributed by atoms with Crippen LogP contribution in [0.1, 0.15) is 21.7 Å². The quantitative estimate of drug-likeness (QED) is 0.699. The van der Waals surface area contributed by atoms with Crippen molar-refractivity contribution >= 4 is 29.1 Å². The Bertz CT molecular complexity index is 879. The Morgan fingerprint density at radius 3 is 2.84 bits per heavy atom. The number of carbonyl (C=O) groups excluding carboxylic acids is 1. The number of anilines is 2. The fourth-order valence-corrected chi connectivity index (χ4v) is 2.52. The Labute approximate surface area is 150 Å². The highest BCUT2D eigenvalue weighted by Crippen LogP contribution is 2.13. The first-order valence-electron chi connectivity index (χ1n) is 7.79. The minimum absolute atomic E-state index is 0.270. The van der Waals surface area contributed by atoms with Crippen molar-refractivity contribution in [2.75, 3.05) is 17.2 Å². The average molecular weight is 357 g/mol. The van der Waals surface area contributed by atoms with Gasteiger partial charge in [-0.15, -0.1) is 0 Å². The number of nitrogens with one attached hydrogen (secondary N) is 2. The van der Waals surface area contributed by atoms with Crippen LogP contribution < -0.4 is 10.6 Å². The second-order valence-corrected chi connectivity index (χ2v) is 5.95. The van der Waals surface area contributed by atoms with E-state index in [2.05, 4.69) is 20.8 Å². The zero-order valence-electron chi connectivity index (χ0n) is 13.6. The van der Waals surface area contributed by atoms with Gasteiger partial charge in [0.15, 0.2) is 5.82 Å². The van der Waals surface area contributed by atoms with Crippen LogP contribution in [0, 0.1) is 6.92 Å². The van der Waals surface area contributed by atoms with E-state index in [1.165, 1.54) is 0 Å². The van der Waals surface area contributed by atoms with Crippen LogP contribution >= 0.6 is 11.6 Å². The number of hydrogen-bond acceptors (Lipinski definition) is 5. The normalized spacial score (nSPS) is 10.5. The first kappa shape index (κ1) is 17.0. The van der Waals surface area contributed by atoms with Gasteiger partial charge in [0.2, 0.25) is 0 Å². The molecule has 25 heavy (non-hydrogen) atoms. The Morgan fingerprint density at radius 1 is 1.20 bits per heavy atom. The molecule has 7 heteroatoms. The zero-order valence-corrected chi connectivity index (χ0v) is 14.4. The van der Waals surface area contributed by atoms with E-state index < -0.39 is 0 Å². The van der Waals surface area contributed by atoms with Gasteiger partial charge in [0, 0.05) is 29.4 Å². The van der Waals surface area contributed by atoms with Crippen molar-refractivity contribution < 1.29 is 9.32 Å². The lowest BCUT2D eigenvalue weighted by atomic mass is 10.1.